The summed E-state index contributed by atoms with van der Waals surface area (Å²) in [6.45, 7) is -0.146. The maximum absolute atomic E-state index is 11.8. The number of aliphatic carboxylic acids is 1. The first-order valence-corrected chi connectivity index (χ1v) is 7.92. The molecular formula is C15H21N3O7. The van der Waals surface area contributed by atoms with Crippen LogP contribution in [0.15, 0.2) is 17.1 Å². The lowest BCUT2D eigenvalue weighted by atomic mass is 10.2. The number of carboxylic acids is 1. The Morgan fingerprint density at radius 3 is 2.80 bits per heavy atom. The average Bonchev–Trinajstić information content (AvgIpc) is 2.90. The van der Waals surface area contributed by atoms with Crippen molar-refractivity contribution in [2.24, 2.45) is 0 Å². The SMILES string of the molecule is Nc1ccn([C@H]2C[C@H](O)[C@@H](COC(=O)CCCCC(=O)O)O2)c(=O)n1. The molecule has 1 aliphatic heterocycles. The van der Waals surface area contributed by atoms with Gasteiger partial charge in [-0.05, 0) is 18.9 Å². The van der Waals surface area contributed by atoms with Crippen LogP contribution in [0.2, 0.25) is 0 Å². The second-order valence-electron chi connectivity index (χ2n) is 5.76. The van der Waals surface area contributed by atoms with E-state index in [-0.39, 0.29) is 31.7 Å². The molecule has 0 saturated carbocycles. The van der Waals surface area contributed by atoms with Crippen molar-refractivity contribution < 1.29 is 29.3 Å². The van der Waals surface area contributed by atoms with Crippen LogP contribution in [0, 0.1) is 0 Å². The van der Waals surface area contributed by atoms with Gasteiger partial charge in [-0.1, -0.05) is 0 Å². The monoisotopic (exact) mass is 355 g/mol. The zero-order valence-corrected chi connectivity index (χ0v) is 13.5. The maximum Gasteiger partial charge on any atom is 0.351 e. The molecule has 1 saturated heterocycles. The number of carbonyl (C=O) groups excluding carboxylic acids is 1. The third-order valence-electron chi connectivity index (χ3n) is 3.80. The molecule has 2 rings (SSSR count). The fourth-order valence-corrected chi connectivity index (χ4v) is 2.47. The topological polar surface area (TPSA) is 154 Å². The number of esters is 1. The Morgan fingerprint density at radius 2 is 2.12 bits per heavy atom. The van der Waals surface area contributed by atoms with Crippen molar-refractivity contribution in [2.45, 2.75) is 50.5 Å². The largest absolute Gasteiger partial charge is 0.481 e. The average molecular weight is 355 g/mol. The Morgan fingerprint density at radius 1 is 1.40 bits per heavy atom. The highest BCUT2D eigenvalue weighted by Crippen LogP contribution is 2.27. The van der Waals surface area contributed by atoms with Gasteiger partial charge in [0.1, 0.15) is 24.8 Å². The van der Waals surface area contributed by atoms with Gasteiger partial charge < -0.3 is 25.4 Å². The van der Waals surface area contributed by atoms with Crippen molar-refractivity contribution >= 4 is 17.8 Å². The number of aliphatic hydroxyl groups excluding tert-OH is 1. The highest BCUT2D eigenvalue weighted by Gasteiger charge is 2.36. The van der Waals surface area contributed by atoms with Gasteiger partial charge in [0.15, 0.2) is 0 Å². The molecular weight excluding hydrogens is 334 g/mol. The van der Waals surface area contributed by atoms with Gasteiger partial charge in [0, 0.05) is 25.5 Å². The van der Waals surface area contributed by atoms with Gasteiger partial charge in [-0.3, -0.25) is 14.2 Å². The second kappa shape index (κ2) is 8.58. The zero-order valence-electron chi connectivity index (χ0n) is 13.5. The number of carbonyl (C=O) groups is 2. The highest BCUT2D eigenvalue weighted by atomic mass is 16.6. The molecule has 0 amide bonds. The lowest BCUT2D eigenvalue weighted by molar-refractivity contribution is -0.150. The molecule has 25 heavy (non-hydrogen) atoms. The number of rotatable bonds is 8. The van der Waals surface area contributed by atoms with Gasteiger partial charge >= 0.3 is 17.6 Å². The summed E-state index contributed by atoms with van der Waals surface area (Å²) in [4.78, 5) is 37.4. The zero-order chi connectivity index (χ0) is 18.4. The van der Waals surface area contributed by atoms with Crippen LogP contribution in [0.25, 0.3) is 0 Å². The van der Waals surface area contributed by atoms with E-state index in [4.69, 9.17) is 20.3 Å². The third kappa shape index (κ3) is 5.54. The summed E-state index contributed by atoms with van der Waals surface area (Å²) in [5.41, 5.74) is 4.83. The first-order chi connectivity index (χ1) is 11.9. The fourth-order valence-electron chi connectivity index (χ4n) is 2.47. The molecule has 10 nitrogen and oxygen atoms in total. The summed E-state index contributed by atoms with van der Waals surface area (Å²) in [6, 6.07) is 1.45. The lowest BCUT2D eigenvalue weighted by Gasteiger charge is -2.16. The van der Waals surface area contributed by atoms with Crippen LogP contribution in [0.3, 0.4) is 0 Å². The molecule has 0 aromatic carbocycles. The molecule has 0 spiro atoms. The van der Waals surface area contributed by atoms with Crippen LogP contribution in [-0.4, -0.2) is 50.5 Å². The predicted molar refractivity (Wildman–Crippen MR) is 84.5 cm³/mol. The molecule has 0 bridgehead atoms. The van der Waals surface area contributed by atoms with Crippen LogP contribution in [0.5, 0.6) is 0 Å². The Hall–Kier alpha value is -2.46. The number of nitrogens with zero attached hydrogens (tertiary/aromatic N) is 2. The van der Waals surface area contributed by atoms with E-state index in [0.29, 0.717) is 12.8 Å². The van der Waals surface area contributed by atoms with E-state index in [9.17, 15) is 19.5 Å². The third-order valence-corrected chi connectivity index (χ3v) is 3.80. The Bertz CT molecular complexity index is 675. The van der Waals surface area contributed by atoms with Crippen LogP contribution < -0.4 is 11.4 Å². The first-order valence-electron chi connectivity index (χ1n) is 7.92. The van der Waals surface area contributed by atoms with Crippen molar-refractivity contribution in [3.05, 3.63) is 22.7 Å². The number of hydrogen-bond donors (Lipinski definition) is 3. The molecule has 1 aliphatic rings. The molecule has 0 unspecified atom stereocenters. The Balaban J connectivity index is 1.79. The minimum Gasteiger partial charge on any atom is -0.481 e. The summed E-state index contributed by atoms with van der Waals surface area (Å²) >= 11 is 0. The van der Waals surface area contributed by atoms with Gasteiger partial charge in [0.2, 0.25) is 0 Å². The summed E-state index contributed by atoms with van der Waals surface area (Å²) in [5.74, 6) is -1.31. The van der Waals surface area contributed by atoms with Crippen molar-refractivity contribution in [3.63, 3.8) is 0 Å². The smallest absolute Gasteiger partial charge is 0.351 e. The van der Waals surface area contributed by atoms with Crippen molar-refractivity contribution in [3.8, 4) is 0 Å². The molecule has 138 valence electrons. The van der Waals surface area contributed by atoms with Crippen LogP contribution in [0.4, 0.5) is 5.82 Å². The summed E-state index contributed by atoms with van der Waals surface area (Å²) in [7, 11) is 0. The standard InChI is InChI=1S/C15H21N3O7/c16-11-5-6-18(15(23)17-11)12-7-9(19)10(25-12)8-24-14(22)4-2-1-3-13(20)21/h5-6,9-10,12,19H,1-4,7-8H2,(H,20,21)(H2,16,17,23)/t9-,10+,12+/m0/s1. The molecule has 0 aliphatic carbocycles. The summed E-state index contributed by atoms with van der Waals surface area (Å²) < 4.78 is 11.8. The van der Waals surface area contributed by atoms with Crippen molar-refractivity contribution in [1.29, 1.82) is 0 Å². The van der Waals surface area contributed by atoms with E-state index in [0.717, 1.165) is 0 Å². The van der Waals surface area contributed by atoms with E-state index >= 15 is 0 Å². The van der Waals surface area contributed by atoms with E-state index in [1.807, 2.05) is 0 Å². The molecule has 1 aromatic rings. The number of hydrogen-bond acceptors (Lipinski definition) is 8. The minimum atomic E-state index is -0.908. The first kappa shape index (κ1) is 18.9. The van der Waals surface area contributed by atoms with Gasteiger partial charge in [-0.2, -0.15) is 4.98 Å². The summed E-state index contributed by atoms with van der Waals surface area (Å²) in [6.07, 6.45) is 0.133. The quantitative estimate of drug-likeness (QED) is 0.419. The molecule has 3 atom stereocenters. The Kier molecular flexibility index (Phi) is 6.48. The van der Waals surface area contributed by atoms with E-state index in [1.165, 1.54) is 16.8 Å². The lowest BCUT2D eigenvalue weighted by Crippen LogP contribution is -2.29. The van der Waals surface area contributed by atoms with E-state index in [2.05, 4.69) is 4.98 Å². The number of unbranched alkanes of at least 4 members (excludes halogenated alkanes) is 1. The number of carboxylic acid groups (broad SMARTS) is 1. The van der Waals surface area contributed by atoms with Gasteiger partial charge in [-0.15, -0.1) is 0 Å². The molecule has 10 heteroatoms. The fraction of sp³-hybridized carbons (Fsp3) is 0.600. The van der Waals surface area contributed by atoms with Crippen molar-refractivity contribution in [1.82, 2.24) is 9.55 Å². The number of nitrogen functional groups attached to an aromatic ring is 1. The van der Waals surface area contributed by atoms with Gasteiger partial charge in [0.05, 0.1) is 6.10 Å². The van der Waals surface area contributed by atoms with E-state index < -0.39 is 36.1 Å². The number of ether oxygens (including phenoxy) is 2. The van der Waals surface area contributed by atoms with E-state index in [1.54, 1.807) is 0 Å². The molecule has 2 heterocycles. The molecule has 1 fully saturated rings. The molecule has 1 aromatic heterocycles. The van der Waals surface area contributed by atoms with Crippen LogP contribution in [0.1, 0.15) is 38.3 Å². The number of anilines is 1. The predicted octanol–water partition coefficient (Wildman–Crippen LogP) is -0.338. The minimum absolute atomic E-state index is 0.00376. The summed E-state index contributed by atoms with van der Waals surface area (Å²) in [5, 5.41) is 18.5. The highest BCUT2D eigenvalue weighted by molar-refractivity contribution is 5.69. The molecule has 0 radical (unpaired) electrons. The van der Waals surface area contributed by atoms with Crippen LogP contribution in [-0.2, 0) is 19.1 Å². The van der Waals surface area contributed by atoms with Gasteiger partial charge in [0.25, 0.3) is 0 Å². The van der Waals surface area contributed by atoms with Crippen molar-refractivity contribution in [2.75, 3.05) is 12.3 Å². The number of nitrogens with two attached hydrogens (primary N) is 1. The van der Waals surface area contributed by atoms with Gasteiger partial charge in [-0.25, -0.2) is 4.79 Å². The Labute approximate surface area is 143 Å². The number of aromatic nitrogens is 2. The maximum atomic E-state index is 11.8. The number of aliphatic hydroxyl groups is 1. The van der Waals surface area contributed by atoms with Crippen LogP contribution >= 0.6 is 0 Å². The normalized spacial score (nSPS) is 22.7. The molecule has 4 N–H and O–H groups in total. The second-order valence-corrected chi connectivity index (χ2v) is 5.76.